The van der Waals surface area contributed by atoms with Gasteiger partial charge in [-0.3, -0.25) is 14.2 Å². The number of nitrogens with zero attached hydrogens (tertiary/aromatic N) is 1. The summed E-state index contributed by atoms with van der Waals surface area (Å²) in [5, 5.41) is 9.29. The first kappa shape index (κ1) is 30.3. The number of aryl methyl sites for hydroxylation is 1. The number of hydrogen-bond donors (Lipinski definition) is 2. The molecule has 0 fully saturated rings. The molecule has 39 heavy (non-hydrogen) atoms. The van der Waals surface area contributed by atoms with Crippen LogP contribution in [0.3, 0.4) is 0 Å². The first-order valence-corrected chi connectivity index (χ1v) is 15.0. The molecule has 3 rings (SSSR count). The summed E-state index contributed by atoms with van der Waals surface area (Å²) in [6.45, 7) is 4.79. The molecule has 0 saturated heterocycles. The average Bonchev–Trinajstić information content (AvgIpc) is 2.91. The molecule has 210 valence electrons. The summed E-state index contributed by atoms with van der Waals surface area (Å²) in [6, 6.07) is 19.4. The predicted octanol–water partition coefficient (Wildman–Crippen LogP) is 3.50. The van der Waals surface area contributed by atoms with Crippen molar-refractivity contribution in [3.8, 4) is 5.75 Å². The van der Waals surface area contributed by atoms with Gasteiger partial charge in [-0.05, 0) is 54.8 Å². The molecular formula is C27H32N2O8S2. The van der Waals surface area contributed by atoms with Gasteiger partial charge in [-0.25, -0.2) is 13.9 Å². The lowest BCUT2D eigenvalue weighted by Gasteiger charge is -2.32. The number of hydroxylamine groups is 1. The Kier molecular flexibility index (Phi) is 10.2. The third-order valence-corrected chi connectivity index (χ3v) is 9.00. The number of rotatable bonds is 13. The summed E-state index contributed by atoms with van der Waals surface area (Å²) < 4.78 is 63.5. The number of amides is 1. The Hall–Kier alpha value is -3.29. The first-order valence-electron chi connectivity index (χ1n) is 12.1. The van der Waals surface area contributed by atoms with Crippen LogP contribution in [0.2, 0.25) is 0 Å². The zero-order valence-corrected chi connectivity index (χ0v) is 23.5. The van der Waals surface area contributed by atoms with E-state index in [1.807, 2.05) is 6.92 Å². The van der Waals surface area contributed by atoms with Gasteiger partial charge in [0.15, 0.2) is 0 Å². The topological polar surface area (TPSA) is 139 Å². The van der Waals surface area contributed by atoms with Crippen molar-refractivity contribution in [1.29, 1.82) is 0 Å². The van der Waals surface area contributed by atoms with E-state index in [0.717, 1.165) is 9.87 Å². The molecule has 0 aliphatic carbocycles. The van der Waals surface area contributed by atoms with Crippen LogP contribution in [0.15, 0.2) is 88.7 Å². The van der Waals surface area contributed by atoms with Gasteiger partial charge in [-0.2, -0.15) is 12.7 Å². The monoisotopic (exact) mass is 576 g/mol. The molecule has 1 amide bonds. The van der Waals surface area contributed by atoms with Gasteiger partial charge in [0.2, 0.25) is 10.0 Å². The van der Waals surface area contributed by atoms with E-state index in [4.69, 9.17) is 8.92 Å². The Morgan fingerprint density at radius 1 is 0.872 bits per heavy atom. The third kappa shape index (κ3) is 7.87. The van der Waals surface area contributed by atoms with Crippen molar-refractivity contribution in [1.82, 2.24) is 9.79 Å². The highest BCUT2D eigenvalue weighted by Crippen LogP contribution is 2.26. The fraction of sp³-hybridized carbons (Fsp3) is 0.296. The Morgan fingerprint density at radius 2 is 1.46 bits per heavy atom. The van der Waals surface area contributed by atoms with Crippen molar-refractivity contribution in [2.24, 2.45) is 5.92 Å². The summed E-state index contributed by atoms with van der Waals surface area (Å²) >= 11 is 0. The number of ether oxygens (including phenoxy) is 1. The molecule has 1 unspecified atom stereocenters. The minimum Gasteiger partial charge on any atom is -0.491 e. The van der Waals surface area contributed by atoms with Gasteiger partial charge < -0.3 is 4.74 Å². The lowest BCUT2D eigenvalue weighted by atomic mass is 10.0. The Bertz CT molecular complexity index is 1440. The molecule has 10 nitrogen and oxygen atoms in total. The maximum Gasteiger partial charge on any atom is 0.297 e. The zero-order chi connectivity index (χ0) is 28.6. The normalized spacial score (nSPS) is 12.9. The lowest BCUT2D eigenvalue weighted by Crippen LogP contribution is -2.51. The van der Waals surface area contributed by atoms with Crippen LogP contribution in [0.5, 0.6) is 5.75 Å². The van der Waals surface area contributed by atoms with Crippen molar-refractivity contribution in [3.63, 3.8) is 0 Å². The predicted molar refractivity (Wildman–Crippen MR) is 144 cm³/mol. The molecule has 0 saturated carbocycles. The second-order valence-corrected chi connectivity index (χ2v) is 12.6. The Morgan fingerprint density at radius 3 is 2.03 bits per heavy atom. The number of nitrogens with one attached hydrogen (secondary N) is 1. The van der Waals surface area contributed by atoms with E-state index >= 15 is 0 Å². The van der Waals surface area contributed by atoms with Crippen LogP contribution in [-0.4, -0.2) is 51.5 Å². The molecule has 0 spiro atoms. The minimum absolute atomic E-state index is 0.0392. The van der Waals surface area contributed by atoms with Crippen molar-refractivity contribution in [3.05, 3.63) is 90.0 Å². The van der Waals surface area contributed by atoms with Gasteiger partial charge >= 0.3 is 0 Å². The second-order valence-electron chi connectivity index (χ2n) is 9.11. The van der Waals surface area contributed by atoms with E-state index in [-0.39, 0.29) is 29.5 Å². The van der Waals surface area contributed by atoms with E-state index in [2.05, 4.69) is 0 Å². The maximum atomic E-state index is 13.7. The molecule has 3 aromatic carbocycles. The lowest BCUT2D eigenvalue weighted by molar-refractivity contribution is -0.134. The molecule has 0 aromatic heterocycles. The molecular weight excluding hydrogens is 544 g/mol. The van der Waals surface area contributed by atoms with Gasteiger partial charge in [0, 0.05) is 6.54 Å². The molecule has 2 N–H and O–H groups in total. The summed E-state index contributed by atoms with van der Waals surface area (Å²) in [4.78, 5) is 12.5. The van der Waals surface area contributed by atoms with E-state index in [9.17, 15) is 26.8 Å². The zero-order valence-electron chi connectivity index (χ0n) is 21.9. The van der Waals surface area contributed by atoms with Crippen LogP contribution in [0.25, 0.3) is 0 Å². The maximum absolute atomic E-state index is 13.7. The van der Waals surface area contributed by atoms with Gasteiger partial charge in [0.05, 0.1) is 9.79 Å². The summed E-state index contributed by atoms with van der Waals surface area (Å²) in [5.41, 5.74) is 3.16. The van der Waals surface area contributed by atoms with Crippen LogP contribution < -0.4 is 10.2 Å². The number of sulfonamides is 1. The van der Waals surface area contributed by atoms with Gasteiger partial charge in [-0.15, -0.1) is 0 Å². The highest BCUT2D eigenvalue weighted by Gasteiger charge is 2.38. The number of benzene rings is 3. The minimum atomic E-state index is -4.19. The Balaban J connectivity index is 1.73. The molecule has 0 bridgehead atoms. The van der Waals surface area contributed by atoms with E-state index in [1.54, 1.807) is 61.8 Å². The van der Waals surface area contributed by atoms with E-state index in [1.165, 1.54) is 36.4 Å². The smallest absolute Gasteiger partial charge is 0.297 e. The van der Waals surface area contributed by atoms with Crippen molar-refractivity contribution >= 4 is 26.0 Å². The van der Waals surface area contributed by atoms with Crippen molar-refractivity contribution in [2.45, 2.75) is 43.1 Å². The molecule has 12 heteroatoms. The molecule has 0 aliphatic rings. The SMILES string of the molecule is Cc1ccc(S(=O)(=O)OCCOc2ccc(S(=O)(=O)N(Cc3ccccc3)C(C(=O)NO)C(C)C)cc2)cc1. The fourth-order valence-electron chi connectivity index (χ4n) is 3.85. The highest BCUT2D eigenvalue weighted by molar-refractivity contribution is 7.89. The number of hydrogen-bond acceptors (Lipinski definition) is 8. The van der Waals surface area contributed by atoms with Gasteiger partial charge in [0.25, 0.3) is 16.0 Å². The van der Waals surface area contributed by atoms with E-state index in [0.29, 0.717) is 11.3 Å². The average molecular weight is 577 g/mol. The van der Waals surface area contributed by atoms with Gasteiger partial charge in [-0.1, -0.05) is 61.9 Å². The van der Waals surface area contributed by atoms with Crippen LogP contribution in [0, 0.1) is 12.8 Å². The quantitative estimate of drug-likeness (QED) is 0.136. The van der Waals surface area contributed by atoms with E-state index < -0.39 is 38.0 Å². The summed E-state index contributed by atoms with van der Waals surface area (Å²) in [7, 11) is -8.12. The third-order valence-electron chi connectivity index (χ3n) is 5.83. The Labute approximate surface area is 229 Å². The van der Waals surface area contributed by atoms with Crippen LogP contribution >= 0.6 is 0 Å². The molecule has 0 aliphatic heterocycles. The second kappa shape index (κ2) is 13.2. The van der Waals surface area contributed by atoms with Crippen molar-refractivity contribution < 1.29 is 35.8 Å². The molecule has 3 aromatic rings. The molecule has 0 heterocycles. The largest absolute Gasteiger partial charge is 0.491 e. The summed E-state index contributed by atoms with van der Waals surface area (Å²) in [6.07, 6.45) is 0. The highest BCUT2D eigenvalue weighted by atomic mass is 32.2. The van der Waals surface area contributed by atoms with Crippen molar-refractivity contribution in [2.75, 3.05) is 13.2 Å². The first-order chi connectivity index (χ1) is 18.5. The van der Waals surface area contributed by atoms with Crippen LogP contribution in [0.1, 0.15) is 25.0 Å². The number of carbonyl (C=O) groups is 1. The number of carbonyl (C=O) groups excluding carboxylic acids is 1. The molecule has 1 atom stereocenters. The molecule has 0 radical (unpaired) electrons. The fourth-order valence-corrected chi connectivity index (χ4v) is 6.45. The van der Waals surface area contributed by atoms with Crippen LogP contribution in [0.4, 0.5) is 0 Å². The van der Waals surface area contributed by atoms with Crippen LogP contribution in [-0.2, 0) is 35.7 Å². The standard InChI is InChI=1S/C27H32N2O8S2/c1-20(2)26(27(30)28-31)29(19-22-7-5-4-6-8-22)38(32,33)24-15-11-23(12-16-24)36-17-18-37-39(34,35)25-13-9-21(3)10-14-25/h4-16,20,26,31H,17-19H2,1-3H3,(H,28,30). The summed E-state index contributed by atoms with van der Waals surface area (Å²) in [5.74, 6) is -0.993. The van der Waals surface area contributed by atoms with Gasteiger partial charge in [0.1, 0.15) is 25.0 Å².